The van der Waals surface area contributed by atoms with Gasteiger partial charge in [0.05, 0.1) is 38.9 Å². The summed E-state index contributed by atoms with van der Waals surface area (Å²) in [7, 11) is 4.69. The van der Waals surface area contributed by atoms with Gasteiger partial charge >= 0.3 is 0 Å². The Morgan fingerprint density at radius 3 is 2.49 bits per heavy atom. The van der Waals surface area contributed by atoms with Crippen LogP contribution in [0.2, 0.25) is 0 Å². The first-order valence-corrected chi connectivity index (χ1v) is 13.4. The summed E-state index contributed by atoms with van der Waals surface area (Å²) in [4.78, 5) is 41.8. The molecule has 4 heterocycles. The van der Waals surface area contributed by atoms with Crippen molar-refractivity contribution in [2.45, 2.75) is 38.3 Å². The highest BCUT2D eigenvalue weighted by atomic mass is 16.5. The molecule has 3 aromatic rings. The lowest BCUT2D eigenvalue weighted by Crippen LogP contribution is -2.42. The third-order valence-electron chi connectivity index (χ3n) is 7.42. The molecule has 0 bridgehead atoms. The number of nitrogens with zero attached hydrogens (tertiary/aromatic N) is 6. The fourth-order valence-electron chi connectivity index (χ4n) is 5.33. The Morgan fingerprint density at radius 2 is 1.83 bits per heavy atom. The summed E-state index contributed by atoms with van der Waals surface area (Å²) in [5.74, 6) is 2.42. The molecule has 41 heavy (non-hydrogen) atoms. The lowest BCUT2D eigenvalue weighted by Gasteiger charge is -2.30. The van der Waals surface area contributed by atoms with E-state index in [0.717, 1.165) is 29.9 Å². The van der Waals surface area contributed by atoms with E-state index in [2.05, 4.69) is 15.2 Å². The van der Waals surface area contributed by atoms with Gasteiger partial charge < -0.3 is 40.5 Å². The monoisotopic (exact) mass is 565 g/mol. The van der Waals surface area contributed by atoms with Gasteiger partial charge in [0.25, 0.3) is 0 Å². The molecule has 14 heteroatoms. The molecule has 0 saturated carbocycles. The Morgan fingerprint density at radius 1 is 1.07 bits per heavy atom. The number of imidazole rings is 1. The van der Waals surface area contributed by atoms with E-state index in [4.69, 9.17) is 35.6 Å². The van der Waals surface area contributed by atoms with Crippen LogP contribution >= 0.6 is 0 Å². The summed E-state index contributed by atoms with van der Waals surface area (Å²) in [6, 6.07) is 3.19. The van der Waals surface area contributed by atoms with Crippen LogP contribution in [0.25, 0.3) is 5.69 Å². The van der Waals surface area contributed by atoms with Gasteiger partial charge in [0.1, 0.15) is 24.0 Å². The minimum atomic E-state index is -0.463. The first-order valence-electron chi connectivity index (χ1n) is 13.4. The van der Waals surface area contributed by atoms with E-state index in [1.807, 2.05) is 27.8 Å². The molecule has 14 nitrogen and oxygen atoms in total. The molecule has 2 amide bonds. The quantitative estimate of drug-likeness (QED) is 0.304. The number of aromatic nitrogens is 4. The number of carbonyl (C=O) groups excluding carboxylic acids is 2. The number of nitrogens with two attached hydrogens (primary N) is 2. The normalized spacial score (nSPS) is 16.8. The molecule has 0 spiro atoms. The highest BCUT2D eigenvalue weighted by molar-refractivity contribution is 5.83. The van der Waals surface area contributed by atoms with Crippen LogP contribution in [0.3, 0.4) is 0 Å². The molecular formula is C27H35N9O5. The maximum Gasteiger partial charge on any atom is 0.240 e. The van der Waals surface area contributed by atoms with Crippen LogP contribution < -0.4 is 35.9 Å². The van der Waals surface area contributed by atoms with Gasteiger partial charge in [-0.1, -0.05) is 0 Å². The van der Waals surface area contributed by atoms with E-state index in [-0.39, 0.29) is 12.3 Å². The van der Waals surface area contributed by atoms with Crippen LogP contribution in [0, 0.1) is 0 Å². The van der Waals surface area contributed by atoms with Crippen LogP contribution in [0.1, 0.15) is 30.5 Å². The number of methoxy groups -OCH3 is 3. The van der Waals surface area contributed by atoms with Crippen LogP contribution in [0.15, 0.2) is 24.7 Å². The van der Waals surface area contributed by atoms with E-state index in [1.54, 1.807) is 27.7 Å². The Hall–Kier alpha value is -4.59. The van der Waals surface area contributed by atoms with Crippen LogP contribution in [0.5, 0.6) is 17.2 Å². The van der Waals surface area contributed by atoms with Gasteiger partial charge in [-0.2, -0.15) is 4.98 Å². The van der Waals surface area contributed by atoms with Crippen LogP contribution in [-0.2, 0) is 22.6 Å². The zero-order valence-corrected chi connectivity index (χ0v) is 23.4. The number of ether oxygens (including phenoxy) is 3. The maximum atomic E-state index is 12.1. The van der Waals surface area contributed by atoms with Crippen molar-refractivity contribution in [3.63, 3.8) is 0 Å². The number of fused-ring (bicyclic) bond motifs is 1. The van der Waals surface area contributed by atoms with Gasteiger partial charge in [0, 0.05) is 50.3 Å². The summed E-state index contributed by atoms with van der Waals surface area (Å²) < 4.78 is 18.3. The molecule has 2 aliphatic heterocycles. The summed E-state index contributed by atoms with van der Waals surface area (Å²) in [5.41, 5.74) is 13.6. The first-order chi connectivity index (χ1) is 19.8. The molecule has 0 radical (unpaired) electrons. The third kappa shape index (κ3) is 5.82. The van der Waals surface area contributed by atoms with Crippen molar-refractivity contribution in [2.75, 3.05) is 51.2 Å². The Labute approximate surface area is 237 Å². The number of carbonyl (C=O) groups is 2. The maximum absolute atomic E-state index is 12.1. The van der Waals surface area contributed by atoms with Crippen LogP contribution in [-0.4, -0.2) is 83.2 Å². The van der Waals surface area contributed by atoms with Gasteiger partial charge in [-0.25, -0.2) is 9.97 Å². The van der Waals surface area contributed by atoms with Crippen molar-refractivity contribution in [1.82, 2.24) is 24.4 Å². The number of hydrogen-bond donors (Lipinski definition) is 3. The Bertz CT molecular complexity index is 1420. The number of amides is 2. The summed E-state index contributed by atoms with van der Waals surface area (Å²) in [6.45, 7) is 2.43. The smallest absolute Gasteiger partial charge is 0.240 e. The number of primary amides is 2. The predicted octanol–water partition coefficient (Wildman–Crippen LogP) is 1.12. The highest BCUT2D eigenvalue weighted by Gasteiger charge is 2.33. The fourth-order valence-corrected chi connectivity index (χ4v) is 5.33. The van der Waals surface area contributed by atoms with Gasteiger partial charge in [-0.05, 0) is 19.3 Å². The standard InChI is InChI=1S/C27H35N9O5/c1-39-20-11-16(12-21(40-2)24(20)41-3)35-14-23(30-15-35)32-26-17-6-9-34(10-7-22(28)37)13-18(17)31-27(33-26)36-8-4-5-19(36)25(29)38/h11-12,14-15,19H,4-10,13H2,1-3H3,(H2,28,37)(H2,29,38)(H,31,32,33). The number of rotatable bonds is 11. The lowest BCUT2D eigenvalue weighted by atomic mass is 10.0. The average molecular weight is 566 g/mol. The van der Waals surface area contributed by atoms with Crippen molar-refractivity contribution < 1.29 is 23.8 Å². The second kappa shape index (κ2) is 11.9. The topological polar surface area (TPSA) is 176 Å². The summed E-state index contributed by atoms with van der Waals surface area (Å²) in [5, 5.41) is 3.37. The molecular weight excluding hydrogens is 530 g/mol. The fraction of sp³-hybridized carbons (Fsp3) is 0.444. The molecule has 1 fully saturated rings. The molecule has 218 valence electrons. The van der Waals surface area contributed by atoms with E-state index in [9.17, 15) is 9.59 Å². The molecule has 0 aliphatic carbocycles. The molecule has 1 atom stereocenters. The lowest BCUT2D eigenvalue weighted by molar-refractivity contribution is -0.119. The van der Waals surface area contributed by atoms with E-state index in [1.165, 1.54) is 0 Å². The second-order valence-corrected chi connectivity index (χ2v) is 9.97. The first kappa shape index (κ1) is 28.0. The molecule has 1 unspecified atom stereocenters. The average Bonchev–Trinajstić information content (AvgIpc) is 3.65. The largest absolute Gasteiger partial charge is 0.493 e. The number of anilines is 3. The van der Waals surface area contributed by atoms with Crippen molar-refractivity contribution in [3.8, 4) is 22.9 Å². The molecule has 2 aromatic heterocycles. The Balaban J connectivity index is 1.47. The van der Waals surface area contributed by atoms with Crippen molar-refractivity contribution in [2.24, 2.45) is 11.5 Å². The van der Waals surface area contributed by atoms with Crippen molar-refractivity contribution >= 4 is 29.4 Å². The molecule has 2 aliphatic rings. The predicted molar refractivity (Wildman–Crippen MR) is 151 cm³/mol. The van der Waals surface area contributed by atoms with Gasteiger partial charge in [-0.3, -0.25) is 14.5 Å². The van der Waals surface area contributed by atoms with Crippen molar-refractivity contribution in [3.05, 3.63) is 35.9 Å². The van der Waals surface area contributed by atoms with E-state index in [0.29, 0.717) is 67.3 Å². The van der Waals surface area contributed by atoms with Gasteiger partial charge in [-0.15, -0.1) is 0 Å². The van der Waals surface area contributed by atoms with E-state index < -0.39 is 11.9 Å². The zero-order valence-electron chi connectivity index (χ0n) is 23.4. The summed E-state index contributed by atoms with van der Waals surface area (Å²) in [6.07, 6.45) is 5.92. The SMILES string of the molecule is COc1cc(-n2cnc(Nc3nc(N4CCCC4C(N)=O)nc4c3CCN(CCC(N)=O)C4)c2)cc(OC)c1OC. The Kier molecular flexibility index (Phi) is 8.10. The number of benzene rings is 1. The minimum Gasteiger partial charge on any atom is -0.493 e. The third-order valence-corrected chi connectivity index (χ3v) is 7.42. The molecule has 1 aromatic carbocycles. The summed E-state index contributed by atoms with van der Waals surface area (Å²) >= 11 is 0. The van der Waals surface area contributed by atoms with Gasteiger partial charge in [0.15, 0.2) is 11.5 Å². The highest BCUT2D eigenvalue weighted by Crippen LogP contribution is 2.39. The number of nitrogens with one attached hydrogen (secondary N) is 1. The zero-order chi connectivity index (χ0) is 29.1. The molecule has 5 rings (SSSR count). The number of hydrogen-bond acceptors (Lipinski definition) is 11. The van der Waals surface area contributed by atoms with Crippen LogP contribution in [0.4, 0.5) is 17.6 Å². The molecule has 5 N–H and O–H groups in total. The minimum absolute atomic E-state index is 0.270. The molecule has 1 saturated heterocycles. The van der Waals surface area contributed by atoms with Crippen molar-refractivity contribution in [1.29, 1.82) is 0 Å². The van der Waals surface area contributed by atoms with E-state index >= 15 is 0 Å². The van der Waals surface area contributed by atoms with Gasteiger partial charge in [0.2, 0.25) is 23.5 Å². The second-order valence-electron chi connectivity index (χ2n) is 9.97.